The van der Waals surface area contributed by atoms with Crippen molar-refractivity contribution in [3.05, 3.63) is 29.8 Å². The normalized spacial score (nSPS) is 11.9. The SMILES string of the molecule is CSC(C)CC(=O)Nc1cccc(C(=O)O)c1. The molecule has 1 amide bonds. The van der Waals surface area contributed by atoms with Crippen LogP contribution in [0.15, 0.2) is 24.3 Å². The molecule has 0 saturated heterocycles. The maximum absolute atomic E-state index is 11.6. The van der Waals surface area contributed by atoms with Crippen molar-refractivity contribution in [3.8, 4) is 0 Å². The van der Waals surface area contributed by atoms with Crippen molar-refractivity contribution >= 4 is 29.3 Å². The lowest BCUT2D eigenvalue weighted by atomic mass is 10.2. The van der Waals surface area contributed by atoms with Crippen molar-refractivity contribution in [1.29, 1.82) is 0 Å². The Bertz CT molecular complexity index is 420. The van der Waals surface area contributed by atoms with Crippen LogP contribution in [0, 0.1) is 0 Å². The summed E-state index contributed by atoms with van der Waals surface area (Å²) in [5.41, 5.74) is 0.684. The molecule has 0 fully saturated rings. The van der Waals surface area contributed by atoms with Crippen LogP contribution in [0.5, 0.6) is 0 Å². The van der Waals surface area contributed by atoms with Crippen LogP contribution in [0.2, 0.25) is 0 Å². The predicted octanol–water partition coefficient (Wildman–Crippen LogP) is 2.46. The Kier molecular flexibility index (Phi) is 5.03. The van der Waals surface area contributed by atoms with E-state index in [1.807, 2.05) is 13.2 Å². The Hall–Kier alpha value is -1.49. The van der Waals surface area contributed by atoms with Crippen LogP contribution >= 0.6 is 11.8 Å². The average molecular weight is 253 g/mol. The number of carbonyl (C=O) groups is 2. The molecule has 2 N–H and O–H groups in total. The van der Waals surface area contributed by atoms with Crippen molar-refractivity contribution in [2.75, 3.05) is 11.6 Å². The van der Waals surface area contributed by atoms with E-state index in [2.05, 4.69) is 5.32 Å². The molecule has 0 bridgehead atoms. The molecule has 0 radical (unpaired) electrons. The molecule has 5 heteroatoms. The van der Waals surface area contributed by atoms with Crippen molar-refractivity contribution < 1.29 is 14.7 Å². The zero-order valence-corrected chi connectivity index (χ0v) is 10.6. The number of rotatable bonds is 5. The van der Waals surface area contributed by atoms with Crippen LogP contribution in [0.3, 0.4) is 0 Å². The lowest BCUT2D eigenvalue weighted by Gasteiger charge is -2.09. The molecule has 1 rings (SSSR count). The van der Waals surface area contributed by atoms with Gasteiger partial charge in [-0.3, -0.25) is 4.79 Å². The zero-order valence-electron chi connectivity index (χ0n) is 9.77. The molecule has 1 unspecified atom stereocenters. The highest BCUT2D eigenvalue weighted by Gasteiger charge is 2.09. The molecule has 0 aliphatic heterocycles. The Morgan fingerprint density at radius 3 is 2.76 bits per heavy atom. The molecule has 17 heavy (non-hydrogen) atoms. The van der Waals surface area contributed by atoms with Crippen molar-refractivity contribution in [2.24, 2.45) is 0 Å². The van der Waals surface area contributed by atoms with Gasteiger partial charge >= 0.3 is 5.97 Å². The van der Waals surface area contributed by atoms with Crippen molar-refractivity contribution in [1.82, 2.24) is 0 Å². The summed E-state index contributed by atoms with van der Waals surface area (Å²) in [7, 11) is 0. The number of hydrogen-bond donors (Lipinski definition) is 2. The third kappa shape index (κ3) is 4.48. The van der Waals surface area contributed by atoms with Gasteiger partial charge in [0.05, 0.1) is 5.56 Å². The topological polar surface area (TPSA) is 66.4 Å². The highest BCUT2D eigenvalue weighted by Crippen LogP contribution is 2.14. The van der Waals surface area contributed by atoms with Gasteiger partial charge in [0.1, 0.15) is 0 Å². The van der Waals surface area contributed by atoms with Crippen molar-refractivity contribution in [2.45, 2.75) is 18.6 Å². The first-order valence-electron chi connectivity index (χ1n) is 5.19. The fraction of sp³-hybridized carbons (Fsp3) is 0.333. The van der Waals surface area contributed by atoms with Gasteiger partial charge in [0.15, 0.2) is 0 Å². The number of carbonyl (C=O) groups excluding carboxylic acids is 1. The van der Waals surface area contributed by atoms with Crippen LogP contribution in [0.25, 0.3) is 0 Å². The first kappa shape index (κ1) is 13.6. The second-order valence-corrected chi connectivity index (χ2v) is 4.96. The fourth-order valence-electron chi connectivity index (χ4n) is 1.29. The van der Waals surface area contributed by atoms with Crippen LogP contribution in [-0.2, 0) is 4.79 Å². The van der Waals surface area contributed by atoms with Gasteiger partial charge in [-0.15, -0.1) is 0 Å². The molecule has 0 aliphatic carbocycles. The van der Waals surface area contributed by atoms with E-state index < -0.39 is 5.97 Å². The first-order valence-corrected chi connectivity index (χ1v) is 6.47. The maximum atomic E-state index is 11.6. The molecule has 0 aromatic heterocycles. The van der Waals surface area contributed by atoms with Crippen LogP contribution < -0.4 is 5.32 Å². The number of thioether (sulfide) groups is 1. The maximum Gasteiger partial charge on any atom is 0.335 e. The lowest BCUT2D eigenvalue weighted by molar-refractivity contribution is -0.116. The molecule has 1 atom stereocenters. The summed E-state index contributed by atoms with van der Waals surface area (Å²) in [6, 6.07) is 6.22. The summed E-state index contributed by atoms with van der Waals surface area (Å²) >= 11 is 1.62. The molecule has 0 spiro atoms. The molecule has 1 aromatic carbocycles. The second kappa shape index (κ2) is 6.30. The number of benzene rings is 1. The smallest absolute Gasteiger partial charge is 0.335 e. The van der Waals surface area contributed by atoms with Gasteiger partial charge in [-0.2, -0.15) is 11.8 Å². The number of nitrogens with one attached hydrogen (secondary N) is 1. The number of hydrogen-bond acceptors (Lipinski definition) is 3. The number of amides is 1. The van der Waals surface area contributed by atoms with Gasteiger partial charge in [0.25, 0.3) is 0 Å². The standard InChI is InChI=1S/C12H15NO3S/c1-8(17-2)6-11(14)13-10-5-3-4-9(7-10)12(15)16/h3-5,7-8H,6H2,1-2H3,(H,13,14)(H,15,16). The Morgan fingerprint density at radius 2 is 2.18 bits per heavy atom. The fourth-order valence-corrected chi connectivity index (χ4v) is 1.60. The Balaban J connectivity index is 2.65. The molecule has 1 aromatic rings. The van der Waals surface area contributed by atoms with E-state index in [1.54, 1.807) is 23.9 Å². The van der Waals surface area contributed by atoms with E-state index in [9.17, 15) is 9.59 Å². The molecule has 0 saturated carbocycles. The highest BCUT2D eigenvalue weighted by molar-refractivity contribution is 7.99. The summed E-state index contributed by atoms with van der Waals surface area (Å²) in [4.78, 5) is 22.3. The number of carboxylic acids is 1. The summed E-state index contributed by atoms with van der Waals surface area (Å²) < 4.78 is 0. The number of aromatic carboxylic acids is 1. The number of anilines is 1. The minimum absolute atomic E-state index is 0.102. The Labute approximate surface area is 104 Å². The minimum atomic E-state index is -1.00. The second-order valence-electron chi connectivity index (χ2n) is 3.68. The number of carboxylic acid groups (broad SMARTS) is 1. The van der Waals surface area contributed by atoms with E-state index in [1.165, 1.54) is 12.1 Å². The molecular formula is C12H15NO3S. The van der Waals surface area contributed by atoms with Crippen LogP contribution in [-0.4, -0.2) is 28.5 Å². The highest BCUT2D eigenvalue weighted by atomic mass is 32.2. The van der Waals surface area contributed by atoms with Gasteiger partial charge in [0.2, 0.25) is 5.91 Å². The Morgan fingerprint density at radius 1 is 1.47 bits per heavy atom. The van der Waals surface area contributed by atoms with Gasteiger partial charge < -0.3 is 10.4 Å². The van der Waals surface area contributed by atoms with E-state index >= 15 is 0 Å². The molecule has 4 nitrogen and oxygen atoms in total. The zero-order chi connectivity index (χ0) is 12.8. The summed E-state index contributed by atoms with van der Waals surface area (Å²) in [6.45, 7) is 1.97. The van der Waals surface area contributed by atoms with Gasteiger partial charge in [-0.05, 0) is 24.5 Å². The van der Waals surface area contributed by atoms with Crippen LogP contribution in [0.4, 0.5) is 5.69 Å². The van der Waals surface area contributed by atoms with Crippen LogP contribution in [0.1, 0.15) is 23.7 Å². The van der Waals surface area contributed by atoms with E-state index in [-0.39, 0.29) is 16.7 Å². The largest absolute Gasteiger partial charge is 0.478 e. The molecule has 92 valence electrons. The van der Waals surface area contributed by atoms with E-state index in [0.29, 0.717) is 12.1 Å². The molecular weight excluding hydrogens is 238 g/mol. The summed E-state index contributed by atoms with van der Waals surface area (Å²) in [5, 5.41) is 11.7. The molecule has 0 heterocycles. The van der Waals surface area contributed by atoms with Gasteiger partial charge in [-0.1, -0.05) is 13.0 Å². The monoisotopic (exact) mass is 253 g/mol. The summed E-state index contributed by atoms with van der Waals surface area (Å²) in [6.07, 6.45) is 2.36. The predicted molar refractivity (Wildman–Crippen MR) is 69.6 cm³/mol. The van der Waals surface area contributed by atoms with Gasteiger partial charge in [0, 0.05) is 17.4 Å². The van der Waals surface area contributed by atoms with Gasteiger partial charge in [-0.25, -0.2) is 4.79 Å². The van der Waals surface area contributed by atoms with E-state index in [4.69, 9.17) is 5.11 Å². The minimum Gasteiger partial charge on any atom is -0.478 e. The third-order valence-corrected chi connectivity index (χ3v) is 3.24. The van der Waals surface area contributed by atoms with Crippen molar-refractivity contribution in [3.63, 3.8) is 0 Å². The first-order chi connectivity index (χ1) is 8.02. The quantitative estimate of drug-likeness (QED) is 0.846. The third-order valence-electron chi connectivity index (χ3n) is 2.27. The lowest BCUT2D eigenvalue weighted by Crippen LogP contribution is -2.16. The molecule has 0 aliphatic rings. The van der Waals surface area contributed by atoms with E-state index in [0.717, 1.165) is 0 Å². The average Bonchev–Trinajstić information content (AvgIpc) is 2.28. The summed E-state index contributed by atoms with van der Waals surface area (Å²) in [5.74, 6) is -1.10.